The Morgan fingerprint density at radius 3 is 2.71 bits per heavy atom. The van der Waals surface area contributed by atoms with Gasteiger partial charge in [0.2, 0.25) is 0 Å². The quantitative estimate of drug-likeness (QED) is 0.603. The number of hydrogen-bond acceptors (Lipinski definition) is 5. The van der Waals surface area contributed by atoms with Crippen molar-refractivity contribution in [3.05, 3.63) is 23.9 Å². The van der Waals surface area contributed by atoms with Gasteiger partial charge in [-0.3, -0.25) is 4.79 Å². The zero-order valence-electron chi connectivity index (χ0n) is 10.1. The molecule has 1 aliphatic carbocycles. The molecule has 5 nitrogen and oxygen atoms in total. The van der Waals surface area contributed by atoms with Crippen molar-refractivity contribution in [2.75, 3.05) is 19.7 Å². The smallest absolute Gasteiger partial charge is 0.180 e. The van der Waals surface area contributed by atoms with Crippen molar-refractivity contribution in [1.29, 1.82) is 0 Å². The lowest BCUT2D eigenvalue weighted by molar-refractivity contribution is -0.515. The first kappa shape index (κ1) is 13.9. The molecule has 2 N–H and O–H groups in total. The number of nitrogens with zero attached hydrogens (tertiary/aromatic N) is 1. The minimum Gasteiger partial charge on any atom is -0.821 e. The number of carbonyl (C=O) groups is 1. The number of aliphatic hydroxyl groups is 2. The maximum atomic E-state index is 11.8. The van der Waals surface area contributed by atoms with Gasteiger partial charge in [0, 0.05) is 24.9 Å². The van der Waals surface area contributed by atoms with Crippen molar-refractivity contribution in [2.45, 2.75) is 19.6 Å². The van der Waals surface area contributed by atoms with Crippen molar-refractivity contribution in [3.8, 4) is 0 Å². The van der Waals surface area contributed by atoms with Crippen LogP contribution in [0.1, 0.15) is 13.8 Å². The summed E-state index contributed by atoms with van der Waals surface area (Å²) in [5.41, 5.74) is 0.00718. The van der Waals surface area contributed by atoms with Crippen molar-refractivity contribution in [2.24, 2.45) is 5.92 Å². The number of aliphatic hydroxyl groups excluding tert-OH is 1. The van der Waals surface area contributed by atoms with Gasteiger partial charge in [-0.25, -0.2) is 0 Å². The lowest BCUT2D eigenvalue weighted by atomic mass is 10.0. The summed E-state index contributed by atoms with van der Waals surface area (Å²) in [7, 11) is 0. The van der Waals surface area contributed by atoms with E-state index < -0.39 is 5.79 Å². The maximum Gasteiger partial charge on any atom is 0.180 e. The summed E-state index contributed by atoms with van der Waals surface area (Å²) in [6.07, 6.45) is 3.13. The predicted molar refractivity (Wildman–Crippen MR) is 60.7 cm³/mol. The third-order valence-electron chi connectivity index (χ3n) is 2.42. The van der Waals surface area contributed by atoms with Crippen LogP contribution in [0.4, 0.5) is 0 Å². The molecular weight excluding hydrogens is 222 g/mol. The normalized spacial score (nSPS) is 24.1. The highest BCUT2D eigenvalue weighted by atomic mass is 16.5. The first-order valence-electron chi connectivity index (χ1n) is 5.61. The highest BCUT2D eigenvalue weighted by molar-refractivity contribution is 6.01. The van der Waals surface area contributed by atoms with Crippen LogP contribution in [0.5, 0.6) is 0 Å². The molecule has 0 aliphatic heterocycles. The van der Waals surface area contributed by atoms with Gasteiger partial charge in [-0.15, -0.1) is 0 Å². The van der Waals surface area contributed by atoms with E-state index >= 15 is 0 Å². The largest absolute Gasteiger partial charge is 0.821 e. The number of rotatable bonds is 5. The molecule has 1 atom stereocenters. The number of carbonyl (C=O) groups excluding carboxylic acids is 1. The standard InChI is InChI=1S/C12H18NO4/c1-9(2)8-13(5-6-14)11-7-10(15)3-4-12(11,16)17/h3-4,7,9,14,16H,5-6,8H2,1-2H3/q-1. The van der Waals surface area contributed by atoms with Gasteiger partial charge in [-0.2, -0.15) is 0 Å². The summed E-state index contributed by atoms with van der Waals surface area (Å²) >= 11 is 0. The second-order valence-corrected chi connectivity index (χ2v) is 4.53. The lowest BCUT2D eigenvalue weighted by Gasteiger charge is -2.42. The van der Waals surface area contributed by atoms with Gasteiger partial charge in [0.05, 0.1) is 12.4 Å². The Balaban J connectivity index is 2.95. The van der Waals surface area contributed by atoms with Crippen LogP contribution in [0.2, 0.25) is 0 Å². The first-order chi connectivity index (χ1) is 7.86. The average molecular weight is 240 g/mol. The average Bonchev–Trinajstić information content (AvgIpc) is 2.20. The summed E-state index contributed by atoms with van der Waals surface area (Å²) < 4.78 is 0. The van der Waals surface area contributed by atoms with Crippen LogP contribution < -0.4 is 5.11 Å². The molecule has 0 heterocycles. The van der Waals surface area contributed by atoms with E-state index in [1.54, 1.807) is 4.90 Å². The lowest BCUT2D eigenvalue weighted by Crippen LogP contribution is -2.52. The Labute approximate surface area is 101 Å². The molecule has 1 unspecified atom stereocenters. The van der Waals surface area contributed by atoms with E-state index in [-0.39, 0.29) is 30.5 Å². The van der Waals surface area contributed by atoms with E-state index in [0.717, 1.165) is 18.2 Å². The molecule has 1 rings (SSSR count). The van der Waals surface area contributed by atoms with Gasteiger partial charge < -0.3 is 20.2 Å². The van der Waals surface area contributed by atoms with Crippen LogP contribution in [-0.4, -0.2) is 46.4 Å². The van der Waals surface area contributed by atoms with Crippen LogP contribution >= 0.6 is 0 Å². The highest BCUT2D eigenvalue weighted by Crippen LogP contribution is 2.21. The molecule has 0 aromatic carbocycles. The summed E-state index contributed by atoms with van der Waals surface area (Å²) in [6.45, 7) is 4.48. The Morgan fingerprint density at radius 2 is 2.18 bits per heavy atom. The molecule has 0 saturated heterocycles. The second kappa shape index (κ2) is 5.44. The number of ketones is 1. The molecule has 1 aliphatic rings. The van der Waals surface area contributed by atoms with Crippen LogP contribution in [0.3, 0.4) is 0 Å². The van der Waals surface area contributed by atoms with Gasteiger partial charge in [-0.1, -0.05) is 19.9 Å². The SMILES string of the molecule is CC(C)CN(CCO)C1=CC(=O)C=CC1([O-])O. The van der Waals surface area contributed by atoms with E-state index in [9.17, 15) is 15.0 Å². The number of hydrogen-bond donors (Lipinski definition) is 2. The third-order valence-corrected chi connectivity index (χ3v) is 2.42. The molecule has 5 heteroatoms. The summed E-state index contributed by atoms with van der Waals surface area (Å²) in [4.78, 5) is 12.8. The Morgan fingerprint density at radius 1 is 1.53 bits per heavy atom. The first-order valence-corrected chi connectivity index (χ1v) is 5.61. The Hall–Kier alpha value is -1.17. The Bertz CT molecular complexity index is 344. The molecule has 0 aromatic heterocycles. The molecule has 0 fully saturated rings. The van der Waals surface area contributed by atoms with E-state index in [2.05, 4.69) is 0 Å². The topological polar surface area (TPSA) is 83.8 Å². The van der Waals surface area contributed by atoms with Crippen molar-refractivity contribution in [1.82, 2.24) is 4.90 Å². The van der Waals surface area contributed by atoms with Crippen molar-refractivity contribution in [3.63, 3.8) is 0 Å². The molecular formula is C12H18NO4-. The fraction of sp³-hybridized carbons (Fsp3) is 0.583. The summed E-state index contributed by atoms with van der Waals surface area (Å²) in [6, 6.07) is 0. The van der Waals surface area contributed by atoms with E-state index in [4.69, 9.17) is 5.11 Å². The minimum atomic E-state index is -2.39. The van der Waals surface area contributed by atoms with Gasteiger partial charge >= 0.3 is 0 Å². The molecule has 0 amide bonds. The predicted octanol–water partition coefficient (Wildman–Crippen LogP) is -0.992. The summed E-state index contributed by atoms with van der Waals surface area (Å²) in [5.74, 6) is -2.47. The van der Waals surface area contributed by atoms with E-state index in [0.29, 0.717) is 6.54 Å². The fourth-order valence-corrected chi connectivity index (χ4v) is 1.76. The molecule has 0 spiro atoms. The molecule has 0 saturated carbocycles. The second-order valence-electron chi connectivity index (χ2n) is 4.53. The minimum absolute atomic E-state index is 0.00718. The fourth-order valence-electron chi connectivity index (χ4n) is 1.76. The molecule has 0 aromatic rings. The molecule has 96 valence electrons. The van der Waals surface area contributed by atoms with Crippen molar-refractivity contribution >= 4 is 5.78 Å². The van der Waals surface area contributed by atoms with Crippen LogP contribution in [0.25, 0.3) is 0 Å². The number of allylic oxidation sites excluding steroid dienone is 2. The maximum absolute atomic E-state index is 11.8. The van der Waals surface area contributed by atoms with Gasteiger partial charge in [0.1, 0.15) is 0 Å². The molecule has 0 bridgehead atoms. The summed E-state index contributed by atoms with van der Waals surface area (Å²) in [5, 5.41) is 30.5. The van der Waals surface area contributed by atoms with E-state index in [1.807, 2.05) is 13.8 Å². The van der Waals surface area contributed by atoms with Gasteiger partial charge in [0.25, 0.3) is 0 Å². The zero-order chi connectivity index (χ0) is 13.1. The molecule has 0 radical (unpaired) electrons. The van der Waals surface area contributed by atoms with Gasteiger partial charge in [0.15, 0.2) is 5.78 Å². The monoisotopic (exact) mass is 240 g/mol. The van der Waals surface area contributed by atoms with Crippen molar-refractivity contribution < 1.29 is 20.1 Å². The Kier molecular flexibility index (Phi) is 4.45. The van der Waals surface area contributed by atoms with Crippen LogP contribution in [0, 0.1) is 5.92 Å². The molecule has 17 heavy (non-hydrogen) atoms. The third kappa shape index (κ3) is 3.66. The highest BCUT2D eigenvalue weighted by Gasteiger charge is 2.25. The van der Waals surface area contributed by atoms with Crippen LogP contribution in [-0.2, 0) is 4.79 Å². The van der Waals surface area contributed by atoms with Crippen LogP contribution in [0.15, 0.2) is 23.9 Å². The van der Waals surface area contributed by atoms with Gasteiger partial charge in [-0.05, 0) is 12.0 Å². The zero-order valence-corrected chi connectivity index (χ0v) is 10.1. The van der Waals surface area contributed by atoms with E-state index in [1.165, 1.54) is 0 Å².